The first-order valence-corrected chi connectivity index (χ1v) is 9.96. The zero-order valence-electron chi connectivity index (χ0n) is 16.8. The smallest absolute Gasteiger partial charge is 0.276 e. The summed E-state index contributed by atoms with van der Waals surface area (Å²) in [5.41, 5.74) is 1.25. The largest absolute Gasteiger partial charge is 0.339 e. The summed E-state index contributed by atoms with van der Waals surface area (Å²) >= 11 is 0. The van der Waals surface area contributed by atoms with E-state index in [0.29, 0.717) is 36.3 Å². The standard InChI is InChI=1S/C21H23N7O2/c1-3-5-16(12-22)15-7-10-26(11-8-15)20(30)17-13-23-28(14(17)2)21-24-19(29)18-6-4-9-27(18)25-21/h3-4,6,9,13,15-16H,1,5,7-8,10-11H2,2H3,(H,24,25,29). The summed E-state index contributed by atoms with van der Waals surface area (Å²) in [7, 11) is 0. The van der Waals surface area contributed by atoms with Gasteiger partial charge in [0, 0.05) is 19.3 Å². The van der Waals surface area contributed by atoms with Crippen molar-refractivity contribution in [1.29, 1.82) is 5.26 Å². The molecule has 1 atom stereocenters. The summed E-state index contributed by atoms with van der Waals surface area (Å²) in [6.45, 7) is 6.72. The van der Waals surface area contributed by atoms with E-state index in [1.54, 1.807) is 36.2 Å². The number of aromatic nitrogens is 5. The maximum Gasteiger partial charge on any atom is 0.276 e. The van der Waals surface area contributed by atoms with E-state index in [9.17, 15) is 14.9 Å². The summed E-state index contributed by atoms with van der Waals surface area (Å²) in [6.07, 6.45) is 7.25. The lowest BCUT2D eigenvalue weighted by Crippen LogP contribution is -2.40. The maximum absolute atomic E-state index is 13.1. The Morgan fingerprint density at radius 1 is 1.47 bits per heavy atom. The summed E-state index contributed by atoms with van der Waals surface area (Å²) < 4.78 is 2.95. The van der Waals surface area contributed by atoms with Crippen LogP contribution in [-0.2, 0) is 0 Å². The van der Waals surface area contributed by atoms with Crippen LogP contribution < -0.4 is 5.56 Å². The van der Waals surface area contributed by atoms with Crippen LogP contribution in [0.25, 0.3) is 11.5 Å². The summed E-state index contributed by atoms with van der Waals surface area (Å²) in [4.78, 5) is 29.8. The van der Waals surface area contributed by atoms with Crippen molar-refractivity contribution in [3.05, 3.63) is 58.8 Å². The Hall–Kier alpha value is -3.67. The molecule has 9 nitrogen and oxygen atoms in total. The summed E-state index contributed by atoms with van der Waals surface area (Å²) in [6, 6.07) is 5.78. The first kappa shape index (κ1) is 19.6. The molecule has 0 radical (unpaired) electrons. The zero-order chi connectivity index (χ0) is 21.3. The van der Waals surface area contributed by atoms with Gasteiger partial charge >= 0.3 is 0 Å². The molecule has 4 heterocycles. The molecule has 1 aliphatic heterocycles. The number of amides is 1. The van der Waals surface area contributed by atoms with Gasteiger partial charge in [-0.15, -0.1) is 11.7 Å². The Kier molecular flexibility index (Phi) is 5.23. The minimum Gasteiger partial charge on any atom is -0.339 e. The lowest BCUT2D eigenvalue weighted by molar-refractivity contribution is 0.0672. The zero-order valence-corrected chi connectivity index (χ0v) is 16.8. The van der Waals surface area contributed by atoms with Crippen LogP contribution >= 0.6 is 0 Å². The van der Waals surface area contributed by atoms with Crippen LogP contribution in [0.2, 0.25) is 0 Å². The number of nitrogens with one attached hydrogen (secondary N) is 1. The highest BCUT2D eigenvalue weighted by Crippen LogP contribution is 2.28. The normalized spacial score (nSPS) is 15.8. The van der Waals surface area contributed by atoms with Crippen molar-refractivity contribution in [3.8, 4) is 12.0 Å². The number of hydrogen-bond donors (Lipinski definition) is 1. The molecule has 3 aromatic rings. The van der Waals surface area contributed by atoms with Gasteiger partial charge in [0.2, 0.25) is 5.95 Å². The number of hydrogen-bond acceptors (Lipinski definition) is 5. The van der Waals surface area contributed by atoms with E-state index < -0.39 is 0 Å². The number of nitriles is 1. The van der Waals surface area contributed by atoms with Crippen molar-refractivity contribution < 1.29 is 4.79 Å². The molecule has 1 aliphatic rings. The lowest BCUT2D eigenvalue weighted by atomic mass is 9.83. The molecule has 1 N–H and O–H groups in total. The van der Waals surface area contributed by atoms with Gasteiger partial charge in [-0.05, 0) is 44.2 Å². The van der Waals surface area contributed by atoms with E-state index in [-0.39, 0.29) is 29.3 Å². The van der Waals surface area contributed by atoms with Crippen LogP contribution in [0.15, 0.2) is 42.0 Å². The summed E-state index contributed by atoms with van der Waals surface area (Å²) in [5.74, 6) is 0.387. The molecule has 9 heteroatoms. The van der Waals surface area contributed by atoms with Crippen LogP contribution in [0.1, 0.15) is 35.3 Å². The number of piperidine rings is 1. The highest BCUT2D eigenvalue weighted by atomic mass is 16.2. The third kappa shape index (κ3) is 3.41. The first-order chi connectivity index (χ1) is 14.5. The van der Waals surface area contributed by atoms with Crippen molar-refractivity contribution in [3.63, 3.8) is 0 Å². The van der Waals surface area contributed by atoms with E-state index in [1.165, 1.54) is 15.4 Å². The number of rotatable bonds is 5. The second-order valence-electron chi connectivity index (χ2n) is 7.56. The molecular formula is C21H23N7O2. The van der Waals surface area contributed by atoms with Crippen LogP contribution in [0.3, 0.4) is 0 Å². The number of fused-ring (bicyclic) bond motifs is 1. The number of aromatic amines is 1. The fourth-order valence-electron chi connectivity index (χ4n) is 4.07. The molecule has 1 saturated heterocycles. The number of carbonyl (C=O) groups is 1. The molecule has 1 unspecified atom stereocenters. The van der Waals surface area contributed by atoms with Gasteiger partial charge in [-0.1, -0.05) is 6.08 Å². The van der Waals surface area contributed by atoms with Gasteiger partial charge in [-0.25, -0.2) is 9.20 Å². The number of H-pyrrole nitrogens is 1. The van der Waals surface area contributed by atoms with Crippen LogP contribution in [0.4, 0.5) is 0 Å². The topological polar surface area (TPSA) is 112 Å². The van der Waals surface area contributed by atoms with Crippen molar-refractivity contribution in [2.45, 2.75) is 26.2 Å². The summed E-state index contributed by atoms with van der Waals surface area (Å²) in [5, 5.41) is 18.0. The van der Waals surface area contributed by atoms with E-state index in [2.05, 4.69) is 27.8 Å². The number of likely N-dealkylation sites (tertiary alicyclic amines) is 1. The Balaban J connectivity index is 1.52. The van der Waals surface area contributed by atoms with Crippen LogP contribution in [0.5, 0.6) is 0 Å². The second kappa shape index (κ2) is 7.99. The van der Waals surface area contributed by atoms with E-state index in [1.807, 2.05) is 0 Å². The van der Waals surface area contributed by atoms with E-state index in [0.717, 1.165) is 12.8 Å². The number of allylic oxidation sites excluding steroid dienone is 1. The van der Waals surface area contributed by atoms with E-state index in [4.69, 9.17) is 0 Å². The Morgan fingerprint density at radius 3 is 2.93 bits per heavy atom. The third-order valence-corrected chi connectivity index (χ3v) is 5.81. The minimum absolute atomic E-state index is 0.0456. The molecule has 154 valence electrons. The minimum atomic E-state index is -0.276. The third-order valence-electron chi connectivity index (χ3n) is 5.81. The van der Waals surface area contributed by atoms with Gasteiger partial charge in [0.25, 0.3) is 11.5 Å². The molecular weight excluding hydrogens is 382 g/mol. The fourth-order valence-corrected chi connectivity index (χ4v) is 4.07. The lowest BCUT2D eigenvalue weighted by Gasteiger charge is -2.33. The molecule has 0 aliphatic carbocycles. The highest BCUT2D eigenvalue weighted by molar-refractivity contribution is 5.95. The Labute approximate surface area is 173 Å². The van der Waals surface area contributed by atoms with Crippen molar-refractivity contribution in [2.75, 3.05) is 13.1 Å². The quantitative estimate of drug-likeness (QED) is 0.653. The molecule has 0 aromatic carbocycles. The van der Waals surface area contributed by atoms with Crippen molar-refractivity contribution in [1.82, 2.24) is 29.3 Å². The average molecular weight is 405 g/mol. The molecule has 1 fully saturated rings. The molecule has 0 bridgehead atoms. The molecule has 1 amide bonds. The predicted octanol–water partition coefficient (Wildman–Crippen LogP) is 2.08. The van der Waals surface area contributed by atoms with Crippen molar-refractivity contribution in [2.24, 2.45) is 11.8 Å². The Bertz CT molecular complexity index is 1190. The number of carbonyl (C=O) groups excluding carboxylic acids is 1. The van der Waals surface area contributed by atoms with Crippen molar-refractivity contribution >= 4 is 11.4 Å². The molecule has 3 aromatic heterocycles. The SMILES string of the molecule is C=CCC(C#N)C1CCN(C(=O)c2cnn(-c3nn4cccc4c(=O)[nH]3)c2C)CC1. The molecule has 0 saturated carbocycles. The molecule has 30 heavy (non-hydrogen) atoms. The van der Waals surface area contributed by atoms with Gasteiger partial charge in [-0.3, -0.25) is 14.6 Å². The Morgan fingerprint density at radius 2 is 2.23 bits per heavy atom. The average Bonchev–Trinajstić information content (AvgIpc) is 3.38. The maximum atomic E-state index is 13.1. The van der Waals surface area contributed by atoms with Crippen LogP contribution in [0, 0.1) is 30.1 Å². The van der Waals surface area contributed by atoms with Gasteiger partial charge in [0.05, 0.1) is 29.4 Å². The second-order valence-corrected chi connectivity index (χ2v) is 7.56. The van der Waals surface area contributed by atoms with Crippen LogP contribution in [-0.4, -0.2) is 48.3 Å². The predicted molar refractivity (Wildman–Crippen MR) is 110 cm³/mol. The van der Waals surface area contributed by atoms with Gasteiger partial charge in [0.1, 0.15) is 5.52 Å². The fraction of sp³-hybridized carbons (Fsp3) is 0.381. The monoisotopic (exact) mass is 405 g/mol. The molecule has 0 spiro atoms. The highest BCUT2D eigenvalue weighted by Gasteiger charge is 2.30. The first-order valence-electron chi connectivity index (χ1n) is 9.96. The van der Waals surface area contributed by atoms with Gasteiger partial charge in [-0.2, -0.15) is 10.4 Å². The number of nitrogens with zero attached hydrogens (tertiary/aromatic N) is 6. The van der Waals surface area contributed by atoms with Gasteiger partial charge in [0.15, 0.2) is 0 Å². The molecule has 4 rings (SSSR count). The van der Waals surface area contributed by atoms with E-state index >= 15 is 0 Å². The van der Waals surface area contributed by atoms with Gasteiger partial charge < -0.3 is 4.90 Å².